The number of rotatable bonds is 1. The van der Waals surface area contributed by atoms with Crippen LogP contribution in [0.4, 0.5) is 0 Å². The van der Waals surface area contributed by atoms with Gasteiger partial charge in [-0.1, -0.05) is 41.7 Å². The van der Waals surface area contributed by atoms with Gasteiger partial charge < -0.3 is 5.32 Å². The molecule has 0 fully saturated rings. The summed E-state index contributed by atoms with van der Waals surface area (Å²) in [4.78, 5) is 7.29. The van der Waals surface area contributed by atoms with E-state index in [2.05, 4.69) is 40.2 Å². The Morgan fingerprint density at radius 1 is 1.15 bits per heavy atom. The lowest BCUT2D eigenvalue weighted by atomic mass is 10.2. The van der Waals surface area contributed by atoms with Crippen molar-refractivity contribution in [3.8, 4) is 11.3 Å². The standard InChI is InChI=1S/C14H13N3S.2BrH/c1-2-4-10(5-3-1)11-9-17-12-6-7-15-8-13(12)18-14(17)16-11;;/h1-5,9,15H,6-8H2;2*1H. The minimum absolute atomic E-state index is 0. The van der Waals surface area contributed by atoms with Crippen LogP contribution in [0.5, 0.6) is 0 Å². The van der Waals surface area contributed by atoms with Gasteiger partial charge in [-0.25, -0.2) is 4.98 Å². The van der Waals surface area contributed by atoms with Crippen LogP contribution in [0.15, 0.2) is 36.5 Å². The highest BCUT2D eigenvalue weighted by Gasteiger charge is 2.17. The number of nitrogens with zero attached hydrogens (tertiary/aromatic N) is 2. The molecule has 0 unspecified atom stereocenters. The average molecular weight is 417 g/mol. The first-order chi connectivity index (χ1) is 8.92. The Kier molecular flexibility index (Phi) is 5.01. The Bertz CT molecular complexity index is 706. The average Bonchev–Trinajstić information content (AvgIpc) is 2.97. The van der Waals surface area contributed by atoms with Gasteiger partial charge in [-0.15, -0.1) is 34.0 Å². The largest absolute Gasteiger partial charge is 0.311 e. The molecule has 0 spiro atoms. The van der Waals surface area contributed by atoms with Gasteiger partial charge >= 0.3 is 0 Å². The minimum atomic E-state index is 0. The van der Waals surface area contributed by atoms with Gasteiger partial charge in [0, 0.05) is 41.8 Å². The number of thiazole rings is 1. The summed E-state index contributed by atoms with van der Waals surface area (Å²) in [5.74, 6) is 0. The number of nitrogens with one attached hydrogen (secondary N) is 1. The summed E-state index contributed by atoms with van der Waals surface area (Å²) in [7, 11) is 0. The molecule has 20 heavy (non-hydrogen) atoms. The molecule has 3 nitrogen and oxygen atoms in total. The zero-order valence-electron chi connectivity index (χ0n) is 10.7. The third-order valence-electron chi connectivity index (χ3n) is 3.39. The number of hydrogen-bond acceptors (Lipinski definition) is 3. The molecule has 1 aliphatic rings. The molecule has 3 heterocycles. The van der Waals surface area contributed by atoms with E-state index in [1.807, 2.05) is 6.07 Å². The molecule has 1 aliphatic heterocycles. The topological polar surface area (TPSA) is 29.3 Å². The number of imidazole rings is 1. The molecule has 0 aliphatic carbocycles. The first-order valence-corrected chi connectivity index (χ1v) is 6.99. The van der Waals surface area contributed by atoms with Crippen LogP contribution in [0.3, 0.4) is 0 Å². The summed E-state index contributed by atoms with van der Waals surface area (Å²) in [5, 5.41) is 3.41. The SMILES string of the molecule is Br.Br.c1ccc(-c2cn3c4c(sc3n2)CNCC4)cc1. The van der Waals surface area contributed by atoms with Gasteiger partial charge in [0.15, 0.2) is 4.96 Å². The van der Waals surface area contributed by atoms with Crippen molar-refractivity contribution < 1.29 is 0 Å². The van der Waals surface area contributed by atoms with Crippen LogP contribution in [-0.4, -0.2) is 15.9 Å². The Labute approximate surface area is 142 Å². The smallest absolute Gasteiger partial charge is 0.194 e. The summed E-state index contributed by atoms with van der Waals surface area (Å²) in [6.07, 6.45) is 3.27. The highest BCUT2D eigenvalue weighted by molar-refractivity contribution is 8.93. The van der Waals surface area contributed by atoms with Gasteiger partial charge in [-0.3, -0.25) is 4.40 Å². The molecule has 0 amide bonds. The van der Waals surface area contributed by atoms with E-state index < -0.39 is 0 Å². The fourth-order valence-electron chi connectivity index (χ4n) is 2.49. The van der Waals surface area contributed by atoms with E-state index >= 15 is 0 Å². The maximum Gasteiger partial charge on any atom is 0.194 e. The summed E-state index contributed by atoms with van der Waals surface area (Å²) >= 11 is 1.80. The van der Waals surface area contributed by atoms with Crippen molar-refractivity contribution in [3.63, 3.8) is 0 Å². The predicted octanol–water partition coefficient (Wildman–Crippen LogP) is 3.86. The van der Waals surface area contributed by atoms with Crippen LogP contribution in [0, 0.1) is 0 Å². The molecule has 0 bridgehead atoms. The minimum Gasteiger partial charge on any atom is -0.311 e. The number of halogens is 2. The van der Waals surface area contributed by atoms with E-state index in [1.165, 1.54) is 16.1 Å². The zero-order chi connectivity index (χ0) is 11.9. The van der Waals surface area contributed by atoms with Crippen LogP contribution >= 0.6 is 45.3 Å². The van der Waals surface area contributed by atoms with Crippen molar-refractivity contribution in [2.45, 2.75) is 13.0 Å². The molecule has 0 saturated carbocycles. The molecule has 2 aromatic heterocycles. The lowest BCUT2D eigenvalue weighted by molar-refractivity contribution is 0.638. The maximum atomic E-state index is 4.74. The van der Waals surface area contributed by atoms with Crippen molar-refractivity contribution in [1.29, 1.82) is 0 Å². The molecular weight excluding hydrogens is 402 g/mol. The summed E-state index contributed by atoms with van der Waals surface area (Å²) in [6, 6.07) is 10.4. The second-order valence-corrected chi connectivity index (χ2v) is 5.61. The fraction of sp³-hybridized carbons (Fsp3) is 0.214. The van der Waals surface area contributed by atoms with Crippen molar-refractivity contribution in [3.05, 3.63) is 47.1 Å². The third-order valence-corrected chi connectivity index (χ3v) is 4.49. The van der Waals surface area contributed by atoms with E-state index in [9.17, 15) is 0 Å². The van der Waals surface area contributed by atoms with E-state index in [4.69, 9.17) is 4.98 Å². The van der Waals surface area contributed by atoms with E-state index in [0.29, 0.717) is 0 Å². The molecule has 4 rings (SSSR count). The molecule has 106 valence electrons. The summed E-state index contributed by atoms with van der Waals surface area (Å²) in [6.45, 7) is 2.06. The van der Waals surface area contributed by atoms with Crippen LogP contribution < -0.4 is 5.32 Å². The van der Waals surface area contributed by atoms with Gasteiger partial charge in [-0.05, 0) is 0 Å². The molecular formula is C14H15Br2N3S. The van der Waals surface area contributed by atoms with Crippen LogP contribution in [0.2, 0.25) is 0 Å². The van der Waals surface area contributed by atoms with E-state index in [0.717, 1.165) is 30.2 Å². The molecule has 0 radical (unpaired) electrons. The summed E-state index contributed by atoms with van der Waals surface area (Å²) in [5.41, 5.74) is 3.70. The van der Waals surface area contributed by atoms with Crippen molar-refractivity contribution in [1.82, 2.24) is 14.7 Å². The van der Waals surface area contributed by atoms with Crippen molar-refractivity contribution >= 4 is 50.3 Å². The highest BCUT2D eigenvalue weighted by atomic mass is 79.9. The van der Waals surface area contributed by atoms with Crippen LogP contribution in [-0.2, 0) is 13.0 Å². The van der Waals surface area contributed by atoms with Gasteiger partial charge in [0.25, 0.3) is 0 Å². The first-order valence-electron chi connectivity index (χ1n) is 6.17. The van der Waals surface area contributed by atoms with Gasteiger partial charge in [-0.2, -0.15) is 0 Å². The van der Waals surface area contributed by atoms with Crippen molar-refractivity contribution in [2.24, 2.45) is 0 Å². The van der Waals surface area contributed by atoms with E-state index in [1.54, 1.807) is 11.3 Å². The quantitative estimate of drug-likeness (QED) is 0.652. The molecule has 1 N–H and O–H groups in total. The lowest BCUT2D eigenvalue weighted by Crippen LogP contribution is -2.23. The number of hydrogen-bond donors (Lipinski definition) is 1. The molecule has 6 heteroatoms. The first kappa shape index (κ1) is 15.7. The Morgan fingerprint density at radius 3 is 2.75 bits per heavy atom. The number of aromatic nitrogens is 2. The Morgan fingerprint density at radius 2 is 1.95 bits per heavy atom. The van der Waals surface area contributed by atoms with Gasteiger partial charge in [0.05, 0.1) is 5.69 Å². The van der Waals surface area contributed by atoms with Gasteiger partial charge in [0.2, 0.25) is 0 Å². The number of fused-ring (bicyclic) bond motifs is 3. The highest BCUT2D eigenvalue weighted by Crippen LogP contribution is 2.28. The molecule has 0 saturated heterocycles. The van der Waals surface area contributed by atoms with Gasteiger partial charge in [0.1, 0.15) is 0 Å². The maximum absolute atomic E-state index is 4.74. The third kappa shape index (κ3) is 2.57. The summed E-state index contributed by atoms with van der Waals surface area (Å²) < 4.78 is 2.27. The zero-order valence-corrected chi connectivity index (χ0v) is 14.9. The second kappa shape index (κ2) is 6.39. The second-order valence-electron chi connectivity index (χ2n) is 4.54. The molecule has 3 aromatic rings. The van der Waals surface area contributed by atoms with Crippen LogP contribution in [0.1, 0.15) is 10.6 Å². The Hall–Kier alpha value is -0.690. The van der Waals surface area contributed by atoms with E-state index in [-0.39, 0.29) is 34.0 Å². The lowest BCUT2D eigenvalue weighted by Gasteiger charge is -2.11. The predicted molar refractivity (Wildman–Crippen MR) is 94.6 cm³/mol. The normalized spacial score (nSPS) is 13.4. The fourth-order valence-corrected chi connectivity index (χ4v) is 3.60. The molecule has 0 atom stereocenters. The Balaban J connectivity index is 0.000000735. The monoisotopic (exact) mass is 415 g/mol. The van der Waals surface area contributed by atoms with Crippen molar-refractivity contribution in [2.75, 3.05) is 6.54 Å². The van der Waals surface area contributed by atoms with Crippen LogP contribution in [0.25, 0.3) is 16.2 Å². The number of benzene rings is 1. The molecule has 1 aromatic carbocycles.